The minimum absolute atomic E-state index is 0.00106. The molecule has 142 valence electrons. The maximum Gasteiger partial charge on any atom is 0.224 e. The average Bonchev–Trinajstić information content (AvgIpc) is 2.71. The van der Waals surface area contributed by atoms with E-state index in [1.807, 2.05) is 25.1 Å². The van der Waals surface area contributed by atoms with E-state index in [-0.39, 0.29) is 5.91 Å². The summed E-state index contributed by atoms with van der Waals surface area (Å²) in [6.07, 6.45) is 6.70. The van der Waals surface area contributed by atoms with Gasteiger partial charge >= 0.3 is 0 Å². The highest BCUT2D eigenvalue weighted by molar-refractivity contribution is 5.90. The Hall–Kier alpha value is -3.47. The minimum Gasteiger partial charge on any atom is -0.398 e. The van der Waals surface area contributed by atoms with Gasteiger partial charge in [0.25, 0.3) is 0 Å². The van der Waals surface area contributed by atoms with E-state index < -0.39 is 0 Å². The molecular formula is C23H24N4O. The lowest BCUT2D eigenvalue weighted by Gasteiger charge is -2.10. The number of nitrogen functional groups attached to an aromatic ring is 1. The van der Waals surface area contributed by atoms with Crippen molar-refractivity contribution in [1.29, 1.82) is 5.41 Å². The number of pyridine rings is 1. The van der Waals surface area contributed by atoms with Gasteiger partial charge in [-0.3, -0.25) is 9.78 Å². The van der Waals surface area contributed by atoms with Gasteiger partial charge in [0, 0.05) is 30.1 Å². The number of anilines is 2. The molecule has 5 heteroatoms. The largest absolute Gasteiger partial charge is 0.398 e. The molecule has 3 aromatic rings. The Morgan fingerprint density at radius 2 is 1.96 bits per heavy atom. The molecule has 0 saturated carbocycles. The second kappa shape index (κ2) is 8.95. The molecule has 2 aromatic carbocycles. The third-order valence-corrected chi connectivity index (χ3v) is 4.68. The molecule has 1 heterocycles. The molecule has 4 N–H and O–H groups in total. The summed E-state index contributed by atoms with van der Waals surface area (Å²) in [7, 11) is 0. The Bertz CT molecular complexity index is 966. The third kappa shape index (κ3) is 4.82. The Morgan fingerprint density at radius 1 is 1.18 bits per heavy atom. The monoisotopic (exact) mass is 372 g/mol. The maximum absolute atomic E-state index is 12.0. The van der Waals surface area contributed by atoms with E-state index in [2.05, 4.69) is 34.6 Å². The second-order valence-corrected chi connectivity index (χ2v) is 6.78. The summed E-state index contributed by atoms with van der Waals surface area (Å²) >= 11 is 0. The SMILES string of the molecule is Cc1cc(-c2ccc(CCCC(=O)Nc3cccnc3)cc2)cc(C=N)c1N. The van der Waals surface area contributed by atoms with Crippen LogP contribution in [0.5, 0.6) is 0 Å². The molecule has 0 atom stereocenters. The maximum atomic E-state index is 12.0. The number of aryl methyl sites for hydroxylation is 2. The van der Waals surface area contributed by atoms with Crippen LogP contribution in [0, 0.1) is 12.3 Å². The van der Waals surface area contributed by atoms with E-state index in [1.165, 1.54) is 11.8 Å². The molecule has 0 aliphatic heterocycles. The average molecular weight is 372 g/mol. The third-order valence-electron chi connectivity index (χ3n) is 4.68. The topological polar surface area (TPSA) is 91.9 Å². The predicted octanol–water partition coefficient (Wildman–Crippen LogP) is 4.60. The summed E-state index contributed by atoms with van der Waals surface area (Å²) in [4.78, 5) is 16.0. The number of rotatable bonds is 7. The highest BCUT2D eigenvalue weighted by Gasteiger charge is 2.06. The fraction of sp³-hybridized carbons (Fsp3) is 0.174. The van der Waals surface area contributed by atoms with Crippen molar-refractivity contribution in [3.63, 3.8) is 0 Å². The summed E-state index contributed by atoms with van der Waals surface area (Å²) in [6, 6.07) is 15.9. The van der Waals surface area contributed by atoms with Crippen molar-refractivity contribution in [2.75, 3.05) is 11.1 Å². The normalized spacial score (nSPS) is 10.5. The predicted molar refractivity (Wildman–Crippen MR) is 115 cm³/mol. The fourth-order valence-electron chi connectivity index (χ4n) is 3.09. The highest BCUT2D eigenvalue weighted by Crippen LogP contribution is 2.26. The van der Waals surface area contributed by atoms with E-state index in [4.69, 9.17) is 11.1 Å². The van der Waals surface area contributed by atoms with Crippen LogP contribution in [0.4, 0.5) is 11.4 Å². The zero-order chi connectivity index (χ0) is 19.9. The zero-order valence-corrected chi connectivity index (χ0v) is 15.9. The number of hydrogen-bond acceptors (Lipinski definition) is 4. The van der Waals surface area contributed by atoms with Crippen LogP contribution in [0.3, 0.4) is 0 Å². The zero-order valence-electron chi connectivity index (χ0n) is 15.9. The van der Waals surface area contributed by atoms with Crippen LogP contribution in [-0.2, 0) is 11.2 Å². The standard InChI is InChI=1S/C23H24N4O/c1-16-12-19(13-20(14-24)23(16)25)18-9-7-17(8-10-18)4-2-6-22(28)27-21-5-3-11-26-15-21/h3,5,7-15,24H,2,4,6,25H2,1H3,(H,27,28). The van der Waals surface area contributed by atoms with Gasteiger partial charge in [0.2, 0.25) is 5.91 Å². The van der Waals surface area contributed by atoms with Gasteiger partial charge in [0.1, 0.15) is 0 Å². The van der Waals surface area contributed by atoms with E-state index in [9.17, 15) is 4.79 Å². The van der Waals surface area contributed by atoms with E-state index in [0.717, 1.165) is 40.8 Å². The molecule has 0 bridgehead atoms. The van der Waals surface area contributed by atoms with Gasteiger partial charge in [-0.25, -0.2) is 0 Å². The van der Waals surface area contributed by atoms with Gasteiger partial charge in [-0.1, -0.05) is 24.3 Å². The molecule has 1 aromatic heterocycles. The van der Waals surface area contributed by atoms with Crippen LogP contribution in [-0.4, -0.2) is 17.1 Å². The lowest BCUT2D eigenvalue weighted by atomic mass is 9.97. The van der Waals surface area contributed by atoms with Crippen LogP contribution in [0.1, 0.15) is 29.5 Å². The first-order valence-electron chi connectivity index (χ1n) is 9.26. The van der Waals surface area contributed by atoms with Crippen molar-refractivity contribution < 1.29 is 4.79 Å². The number of hydrogen-bond donors (Lipinski definition) is 3. The van der Waals surface area contributed by atoms with E-state index in [1.54, 1.807) is 18.5 Å². The molecule has 0 aliphatic carbocycles. The second-order valence-electron chi connectivity index (χ2n) is 6.78. The fourth-order valence-corrected chi connectivity index (χ4v) is 3.09. The summed E-state index contributed by atoms with van der Waals surface area (Å²) in [5, 5.41) is 10.4. The Morgan fingerprint density at radius 3 is 2.64 bits per heavy atom. The molecule has 0 radical (unpaired) electrons. The molecule has 3 rings (SSSR count). The molecular weight excluding hydrogens is 348 g/mol. The quantitative estimate of drug-likeness (QED) is 0.418. The van der Waals surface area contributed by atoms with Gasteiger partial charge in [0.15, 0.2) is 0 Å². The van der Waals surface area contributed by atoms with Crippen molar-refractivity contribution >= 4 is 23.5 Å². The van der Waals surface area contributed by atoms with Crippen molar-refractivity contribution in [1.82, 2.24) is 4.98 Å². The molecule has 1 amide bonds. The first-order valence-corrected chi connectivity index (χ1v) is 9.26. The van der Waals surface area contributed by atoms with E-state index in [0.29, 0.717) is 12.1 Å². The number of nitrogens with zero attached hydrogens (tertiary/aromatic N) is 1. The van der Waals surface area contributed by atoms with Crippen LogP contribution < -0.4 is 11.1 Å². The van der Waals surface area contributed by atoms with Gasteiger partial charge in [-0.05, 0) is 66.3 Å². The van der Waals surface area contributed by atoms with Gasteiger partial charge in [-0.2, -0.15) is 0 Å². The summed E-state index contributed by atoms with van der Waals surface area (Å²) in [5.41, 5.74) is 12.4. The molecule has 0 spiro atoms. The first-order chi connectivity index (χ1) is 13.6. The van der Waals surface area contributed by atoms with Crippen molar-refractivity contribution in [2.45, 2.75) is 26.2 Å². The molecule has 5 nitrogen and oxygen atoms in total. The van der Waals surface area contributed by atoms with Crippen LogP contribution in [0.25, 0.3) is 11.1 Å². The Labute approximate surface area is 165 Å². The molecule has 0 aliphatic rings. The minimum atomic E-state index is 0.00106. The van der Waals surface area contributed by atoms with Crippen LogP contribution >= 0.6 is 0 Å². The smallest absolute Gasteiger partial charge is 0.224 e. The lowest BCUT2D eigenvalue weighted by Crippen LogP contribution is -2.11. The molecule has 0 unspecified atom stereocenters. The number of nitrogens with one attached hydrogen (secondary N) is 2. The van der Waals surface area contributed by atoms with E-state index >= 15 is 0 Å². The Kier molecular flexibility index (Phi) is 6.17. The molecule has 0 fully saturated rings. The molecule has 0 saturated heterocycles. The van der Waals surface area contributed by atoms with Crippen molar-refractivity contribution in [3.05, 3.63) is 77.6 Å². The number of amides is 1. The van der Waals surface area contributed by atoms with Gasteiger partial charge < -0.3 is 16.5 Å². The Balaban J connectivity index is 1.57. The number of carbonyl (C=O) groups is 1. The summed E-state index contributed by atoms with van der Waals surface area (Å²) < 4.78 is 0. The number of nitrogens with two attached hydrogens (primary N) is 1. The number of carbonyl (C=O) groups excluding carboxylic acids is 1. The van der Waals surface area contributed by atoms with Gasteiger partial charge in [-0.15, -0.1) is 0 Å². The van der Waals surface area contributed by atoms with Gasteiger partial charge in [0.05, 0.1) is 11.9 Å². The van der Waals surface area contributed by atoms with Crippen LogP contribution in [0.15, 0.2) is 60.9 Å². The highest BCUT2D eigenvalue weighted by atomic mass is 16.1. The number of benzene rings is 2. The van der Waals surface area contributed by atoms with Crippen LogP contribution in [0.2, 0.25) is 0 Å². The summed E-state index contributed by atoms with van der Waals surface area (Å²) in [6.45, 7) is 1.96. The summed E-state index contributed by atoms with van der Waals surface area (Å²) in [5.74, 6) is 0.00106. The van der Waals surface area contributed by atoms with Crippen molar-refractivity contribution in [3.8, 4) is 11.1 Å². The number of aromatic nitrogens is 1. The van der Waals surface area contributed by atoms with Crippen molar-refractivity contribution in [2.24, 2.45) is 0 Å². The first kappa shape index (κ1) is 19.3. The lowest BCUT2D eigenvalue weighted by molar-refractivity contribution is -0.116. The molecule has 28 heavy (non-hydrogen) atoms.